The number of hydrogen-bond donors (Lipinski definition) is 3. The first-order valence-electron chi connectivity index (χ1n) is 5.27. The summed E-state index contributed by atoms with van der Waals surface area (Å²) >= 11 is 0. The van der Waals surface area contributed by atoms with Gasteiger partial charge in [-0.3, -0.25) is 9.89 Å². The number of anilines is 1. The summed E-state index contributed by atoms with van der Waals surface area (Å²) in [6.07, 6.45) is 0.767. The molecule has 0 aromatic carbocycles. The topological polar surface area (TPSA) is 104 Å². The molecule has 0 aliphatic carbocycles. The lowest BCUT2D eigenvalue weighted by Crippen LogP contribution is -2.30. The second-order valence-electron chi connectivity index (χ2n) is 3.95. The molecule has 1 aromatic heterocycles. The zero-order valence-corrected chi connectivity index (χ0v) is 9.27. The van der Waals surface area contributed by atoms with Gasteiger partial charge in [-0.15, -0.1) is 0 Å². The third-order valence-corrected chi connectivity index (χ3v) is 2.66. The van der Waals surface area contributed by atoms with Gasteiger partial charge in [0.25, 0.3) is 5.91 Å². The van der Waals surface area contributed by atoms with Gasteiger partial charge in [-0.05, 0) is 19.8 Å². The van der Waals surface area contributed by atoms with Crippen LogP contribution in [0.4, 0.5) is 5.82 Å². The van der Waals surface area contributed by atoms with Crippen LogP contribution in [-0.2, 0) is 14.3 Å². The Labute approximate surface area is 97.2 Å². The predicted octanol–water partition coefficient (Wildman–Crippen LogP) is 0.289. The van der Waals surface area contributed by atoms with Crippen molar-refractivity contribution in [2.45, 2.75) is 32.0 Å². The molecule has 0 unspecified atom stereocenters. The molecule has 7 heteroatoms. The third-order valence-electron chi connectivity index (χ3n) is 2.66. The number of amides is 1. The molecule has 0 bridgehead atoms. The summed E-state index contributed by atoms with van der Waals surface area (Å²) < 4.78 is 5.13. The Bertz CT molecular complexity index is 443. The molecule has 92 valence electrons. The Balaban J connectivity index is 1.94. The number of carboxylic acid groups (broad SMARTS) is 1. The summed E-state index contributed by atoms with van der Waals surface area (Å²) in [7, 11) is 0. The van der Waals surface area contributed by atoms with Crippen LogP contribution in [0.3, 0.4) is 0 Å². The number of ether oxygens (including phenoxy) is 1. The van der Waals surface area contributed by atoms with Crippen LogP contribution in [0, 0.1) is 6.92 Å². The number of rotatable bonds is 3. The van der Waals surface area contributed by atoms with Gasteiger partial charge in [0.15, 0.2) is 6.10 Å². The monoisotopic (exact) mass is 239 g/mol. The molecule has 1 aliphatic rings. The Hall–Kier alpha value is -1.89. The quantitative estimate of drug-likeness (QED) is 0.703. The van der Waals surface area contributed by atoms with Gasteiger partial charge < -0.3 is 15.2 Å². The van der Waals surface area contributed by atoms with Gasteiger partial charge in [0.1, 0.15) is 11.9 Å². The van der Waals surface area contributed by atoms with Crippen LogP contribution in [0.1, 0.15) is 18.4 Å². The summed E-state index contributed by atoms with van der Waals surface area (Å²) in [6.45, 7) is 1.80. The molecule has 7 nitrogen and oxygen atoms in total. The van der Waals surface area contributed by atoms with Gasteiger partial charge in [0.05, 0.1) is 6.20 Å². The van der Waals surface area contributed by atoms with Crippen molar-refractivity contribution in [2.75, 3.05) is 5.32 Å². The van der Waals surface area contributed by atoms with E-state index in [1.807, 2.05) is 0 Å². The molecule has 2 rings (SSSR count). The van der Waals surface area contributed by atoms with Gasteiger partial charge >= 0.3 is 5.97 Å². The maximum atomic E-state index is 11.8. The van der Waals surface area contributed by atoms with E-state index in [9.17, 15) is 9.59 Å². The number of aliphatic carboxylic acids is 1. The lowest BCUT2D eigenvalue weighted by molar-refractivity contribution is -0.150. The minimum absolute atomic E-state index is 0.346. The summed E-state index contributed by atoms with van der Waals surface area (Å²) in [5, 5.41) is 17.8. The summed E-state index contributed by atoms with van der Waals surface area (Å²) in [5.41, 5.74) is 0.811. The Morgan fingerprint density at radius 2 is 2.24 bits per heavy atom. The molecule has 1 aromatic rings. The van der Waals surface area contributed by atoms with Gasteiger partial charge in [0, 0.05) is 5.56 Å². The highest BCUT2D eigenvalue weighted by Crippen LogP contribution is 2.21. The van der Waals surface area contributed by atoms with Crippen molar-refractivity contribution in [1.29, 1.82) is 0 Å². The zero-order valence-electron chi connectivity index (χ0n) is 9.27. The maximum absolute atomic E-state index is 11.8. The molecule has 0 spiro atoms. The van der Waals surface area contributed by atoms with E-state index in [0.717, 1.165) is 5.56 Å². The number of aryl methyl sites for hydroxylation is 1. The van der Waals surface area contributed by atoms with E-state index in [1.54, 1.807) is 13.1 Å². The highest BCUT2D eigenvalue weighted by atomic mass is 16.5. The van der Waals surface area contributed by atoms with Crippen LogP contribution in [0.25, 0.3) is 0 Å². The van der Waals surface area contributed by atoms with Crippen LogP contribution in [-0.4, -0.2) is 39.4 Å². The van der Waals surface area contributed by atoms with Gasteiger partial charge in [0.2, 0.25) is 0 Å². The Kier molecular flexibility index (Phi) is 3.10. The standard InChI is InChI=1S/C10H13N3O4/c1-5-4-11-13-8(5)12-9(14)6-2-3-7(17-6)10(15)16/h4,6-7H,2-3H2,1H3,(H,15,16)(H2,11,12,13,14)/t6-,7+/m0/s1. The molecule has 1 saturated heterocycles. The van der Waals surface area contributed by atoms with Crippen LogP contribution < -0.4 is 5.32 Å². The molecule has 0 saturated carbocycles. The Morgan fingerprint density at radius 1 is 1.53 bits per heavy atom. The molecule has 2 atom stereocenters. The number of hydrogen-bond acceptors (Lipinski definition) is 4. The second kappa shape index (κ2) is 4.54. The highest BCUT2D eigenvalue weighted by molar-refractivity contribution is 5.94. The number of H-pyrrole nitrogens is 1. The van der Waals surface area contributed by atoms with Gasteiger partial charge in [-0.1, -0.05) is 0 Å². The molecule has 1 aliphatic heterocycles. The van der Waals surface area contributed by atoms with E-state index < -0.39 is 18.2 Å². The van der Waals surface area contributed by atoms with Gasteiger partial charge in [-0.25, -0.2) is 4.79 Å². The van der Waals surface area contributed by atoms with E-state index in [2.05, 4.69) is 15.5 Å². The second-order valence-corrected chi connectivity index (χ2v) is 3.95. The fourth-order valence-corrected chi connectivity index (χ4v) is 1.69. The van der Waals surface area contributed by atoms with Crippen molar-refractivity contribution in [3.63, 3.8) is 0 Å². The average Bonchev–Trinajstić information content (AvgIpc) is 2.88. The maximum Gasteiger partial charge on any atom is 0.332 e. The minimum atomic E-state index is -1.03. The van der Waals surface area contributed by atoms with E-state index in [0.29, 0.717) is 18.7 Å². The fraction of sp³-hybridized carbons (Fsp3) is 0.500. The molecule has 1 amide bonds. The first-order chi connectivity index (χ1) is 8.08. The number of nitrogens with one attached hydrogen (secondary N) is 2. The minimum Gasteiger partial charge on any atom is -0.479 e. The van der Waals surface area contributed by atoms with Crippen molar-refractivity contribution < 1.29 is 19.4 Å². The largest absolute Gasteiger partial charge is 0.479 e. The van der Waals surface area contributed by atoms with E-state index in [4.69, 9.17) is 9.84 Å². The van der Waals surface area contributed by atoms with E-state index in [-0.39, 0.29) is 5.91 Å². The lowest BCUT2D eigenvalue weighted by Gasteiger charge is -2.10. The molecular formula is C10H13N3O4. The molecular weight excluding hydrogens is 226 g/mol. The molecule has 2 heterocycles. The first kappa shape index (κ1) is 11.6. The number of carbonyl (C=O) groups is 2. The third kappa shape index (κ3) is 2.44. The SMILES string of the molecule is Cc1cn[nH]c1NC(=O)[C@@H]1CC[C@H](C(=O)O)O1. The highest BCUT2D eigenvalue weighted by Gasteiger charge is 2.34. The van der Waals surface area contributed by atoms with Crippen molar-refractivity contribution in [2.24, 2.45) is 0 Å². The number of carbonyl (C=O) groups excluding carboxylic acids is 1. The number of nitrogens with zero attached hydrogens (tertiary/aromatic N) is 1. The molecule has 3 N–H and O–H groups in total. The fourth-order valence-electron chi connectivity index (χ4n) is 1.69. The van der Waals surface area contributed by atoms with Crippen LogP contribution in [0.15, 0.2) is 6.20 Å². The molecule has 1 fully saturated rings. The van der Waals surface area contributed by atoms with Crippen molar-refractivity contribution >= 4 is 17.7 Å². The van der Waals surface area contributed by atoms with Crippen LogP contribution in [0.2, 0.25) is 0 Å². The van der Waals surface area contributed by atoms with Gasteiger partial charge in [-0.2, -0.15) is 5.10 Å². The van der Waals surface area contributed by atoms with Crippen molar-refractivity contribution in [1.82, 2.24) is 10.2 Å². The number of carboxylic acids is 1. The predicted molar refractivity (Wildman–Crippen MR) is 57.5 cm³/mol. The summed E-state index contributed by atoms with van der Waals surface area (Å²) in [4.78, 5) is 22.4. The molecule has 0 radical (unpaired) electrons. The normalized spacial score (nSPS) is 23.6. The van der Waals surface area contributed by atoms with E-state index in [1.165, 1.54) is 0 Å². The summed E-state index contributed by atoms with van der Waals surface area (Å²) in [5.74, 6) is -0.864. The van der Waals surface area contributed by atoms with Crippen molar-refractivity contribution in [3.05, 3.63) is 11.8 Å². The first-order valence-corrected chi connectivity index (χ1v) is 5.27. The Morgan fingerprint density at radius 3 is 2.76 bits per heavy atom. The van der Waals surface area contributed by atoms with Crippen LogP contribution in [0.5, 0.6) is 0 Å². The average molecular weight is 239 g/mol. The smallest absolute Gasteiger partial charge is 0.332 e. The van der Waals surface area contributed by atoms with Crippen molar-refractivity contribution in [3.8, 4) is 0 Å². The zero-order chi connectivity index (χ0) is 12.4. The summed E-state index contributed by atoms with van der Waals surface area (Å²) in [6, 6.07) is 0. The number of aromatic amines is 1. The number of aromatic nitrogens is 2. The van der Waals surface area contributed by atoms with Crippen LogP contribution >= 0.6 is 0 Å². The lowest BCUT2D eigenvalue weighted by atomic mass is 10.2. The molecule has 17 heavy (non-hydrogen) atoms. The van der Waals surface area contributed by atoms with E-state index >= 15 is 0 Å².